The minimum absolute atomic E-state index is 0.145. The molecule has 0 bridgehead atoms. The van der Waals surface area contributed by atoms with Crippen molar-refractivity contribution in [2.24, 2.45) is 0 Å². The molecule has 0 spiro atoms. The number of rotatable bonds is 5. The Balaban J connectivity index is 1.47. The molecular formula is C20H19N5O. The quantitative estimate of drug-likeness (QED) is 0.605. The summed E-state index contributed by atoms with van der Waals surface area (Å²) in [6, 6.07) is 17.7. The van der Waals surface area contributed by atoms with Crippen LogP contribution in [0.25, 0.3) is 16.7 Å². The number of hydrogen-bond acceptors (Lipinski definition) is 3. The number of carbonyl (C=O) groups excluding carboxylic acids is 1. The fraction of sp³-hybridized carbons (Fsp3) is 0.150. The smallest absolute Gasteiger partial charge is 0.269 e. The highest BCUT2D eigenvalue weighted by Crippen LogP contribution is 2.15. The number of imidazole rings is 2. The van der Waals surface area contributed by atoms with Crippen LogP contribution in [0.5, 0.6) is 0 Å². The van der Waals surface area contributed by atoms with Gasteiger partial charge in [0.1, 0.15) is 11.5 Å². The van der Waals surface area contributed by atoms with E-state index in [-0.39, 0.29) is 5.91 Å². The summed E-state index contributed by atoms with van der Waals surface area (Å²) in [6.45, 7) is 3.16. The van der Waals surface area contributed by atoms with Gasteiger partial charge in [0, 0.05) is 18.8 Å². The average Bonchev–Trinajstić information content (AvgIpc) is 3.27. The molecule has 6 nitrogen and oxygen atoms in total. The number of amides is 1. The van der Waals surface area contributed by atoms with Gasteiger partial charge in [-0.2, -0.15) is 0 Å². The van der Waals surface area contributed by atoms with Crippen LogP contribution < -0.4 is 5.32 Å². The number of nitrogens with zero attached hydrogens (tertiary/aromatic N) is 4. The molecule has 0 saturated heterocycles. The highest BCUT2D eigenvalue weighted by molar-refractivity contribution is 5.93. The maximum Gasteiger partial charge on any atom is 0.269 e. The Bertz CT molecular complexity index is 1050. The Labute approximate surface area is 151 Å². The third-order valence-electron chi connectivity index (χ3n) is 4.37. The lowest BCUT2D eigenvalue weighted by Gasteiger charge is -2.10. The summed E-state index contributed by atoms with van der Waals surface area (Å²) in [7, 11) is 0. The zero-order valence-electron chi connectivity index (χ0n) is 14.5. The molecule has 1 amide bonds. The van der Waals surface area contributed by atoms with Crippen molar-refractivity contribution in [3.63, 3.8) is 0 Å². The standard InChI is InChI=1S/C20H19N5O/c1-15-23-17-9-5-6-10-18(17)24(15)12-11-22-20(26)19-13-21-14-25(19)16-7-3-2-4-8-16/h2-10,13-14H,11-12H2,1H3,(H,22,26). The van der Waals surface area contributed by atoms with Gasteiger partial charge in [-0.25, -0.2) is 9.97 Å². The second kappa shape index (κ2) is 6.84. The lowest BCUT2D eigenvalue weighted by molar-refractivity contribution is 0.0945. The van der Waals surface area contributed by atoms with E-state index in [1.54, 1.807) is 17.1 Å². The molecule has 0 fully saturated rings. The molecule has 0 atom stereocenters. The van der Waals surface area contributed by atoms with Gasteiger partial charge in [0.25, 0.3) is 5.91 Å². The largest absolute Gasteiger partial charge is 0.349 e. The van der Waals surface area contributed by atoms with Crippen LogP contribution in [0, 0.1) is 6.92 Å². The van der Waals surface area contributed by atoms with E-state index in [1.165, 1.54) is 0 Å². The van der Waals surface area contributed by atoms with Crippen molar-refractivity contribution in [2.45, 2.75) is 13.5 Å². The van der Waals surface area contributed by atoms with Gasteiger partial charge >= 0.3 is 0 Å². The first kappa shape index (κ1) is 16.1. The molecule has 6 heteroatoms. The number of carbonyl (C=O) groups is 1. The summed E-state index contributed by atoms with van der Waals surface area (Å²) in [4.78, 5) is 21.3. The molecule has 2 aromatic carbocycles. The summed E-state index contributed by atoms with van der Waals surface area (Å²) >= 11 is 0. The minimum Gasteiger partial charge on any atom is -0.349 e. The number of para-hydroxylation sites is 3. The third kappa shape index (κ3) is 2.97. The highest BCUT2D eigenvalue weighted by Gasteiger charge is 2.13. The molecule has 26 heavy (non-hydrogen) atoms. The van der Waals surface area contributed by atoms with Gasteiger partial charge in [-0.05, 0) is 31.2 Å². The number of aromatic nitrogens is 4. The van der Waals surface area contributed by atoms with Gasteiger partial charge < -0.3 is 9.88 Å². The molecule has 0 radical (unpaired) electrons. The number of nitrogens with one attached hydrogen (secondary N) is 1. The maximum atomic E-state index is 12.6. The number of benzene rings is 2. The van der Waals surface area contributed by atoms with Crippen LogP contribution in [0.3, 0.4) is 0 Å². The fourth-order valence-electron chi connectivity index (χ4n) is 3.11. The van der Waals surface area contributed by atoms with Crippen molar-refractivity contribution in [1.29, 1.82) is 0 Å². The fourth-order valence-corrected chi connectivity index (χ4v) is 3.11. The van der Waals surface area contributed by atoms with E-state index < -0.39 is 0 Å². The third-order valence-corrected chi connectivity index (χ3v) is 4.37. The normalized spacial score (nSPS) is 11.0. The van der Waals surface area contributed by atoms with Crippen LogP contribution in [0.4, 0.5) is 0 Å². The molecule has 0 aliphatic heterocycles. The monoisotopic (exact) mass is 345 g/mol. The topological polar surface area (TPSA) is 64.7 Å². The van der Waals surface area contributed by atoms with E-state index in [0.29, 0.717) is 18.8 Å². The van der Waals surface area contributed by atoms with Crippen LogP contribution in [-0.2, 0) is 6.54 Å². The van der Waals surface area contributed by atoms with Gasteiger partial charge in [-0.3, -0.25) is 9.36 Å². The molecule has 0 unspecified atom stereocenters. The maximum absolute atomic E-state index is 12.6. The molecule has 1 N–H and O–H groups in total. The van der Waals surface area contributed by atoms with Crippen molar-refractivity contribution < 1.29 is 4.79 Å². The zero-order chi connectivity index (χ0) is 17.9. The van der Waals surface area contributed by atoms with E-state index in [1.807, 2.05) is 61.5 Å². The van der Waals surface area contributed by atoms with Crippen LogP contribution in [0.2, 0.25) is 0 Å². The van der Waals surface area contributed by atoms with Crippen LogP contribution in [0.1, 0.15) is 16.3 Å². The van der Waals surface area contributed by atoms with Crippen LogP contribution >= 0.6 is 0 Å². The van der Waals surface area contributed by atoms with Crippen LogP contribution in [0.15, 0.2) is 67.1 Å². The lowest BCUT2D eigenvalue weighted by atomic mass is 10.3. The van der Waals surface area contributed by atoms with E-state index in [0.717, 1.165) is 22.5 Å². The predicted molar refractivity (Wildman–Crippen MR) is 100 cm³/mol. The van der Waals surface area contributed by atoms with Crippen molar-refractivity contribution in [2.75, 3.05) is 6.54 Å². The Morgan fingerprint density at radius 2 is 1.85 bits per heavy atom. The Morgan fingerprint density at radius 1 is 1.08 bits per heavy atom. The molecule has 2 aromatic heterocycles. The molecule has 130 valence electrons. The summed E-state index contributed by atoms with van der Waals surface area (Å²) in [6.07, 6.45) is 3.23. The van der Waals surface area contributed by atoms with Gasteiger partial charge in [0.15, 0.2) is 0 Å². The van der Waals surface area contributed by atoms with Gasteiger partial charge in [-0.1, -0.05) is 30.3 Å². The molecule has 0 aliphatic carbocycles. The van der Waals surface area contributed by atoms with E-state index in [9.17, 15) is 4.79 Å². The van der Waals surface area contributed by atoms with Crippen molar-refractivity contribution in [3.05, 3.63) is 78.6 Å². The summed E-state index contributed by atoms with van der Waals surface area (Å²) in [5.41, 5.74) is 3.47. The SMILES string of the molecule is Cc1nc2ccccc2n1CCNC(=O)c1cncn1-c1ccccc1. The summed E-state index contributed by atoms with van der Waals surface area (Å²) in [5.74, 6) is 0.795. The van der Waals surface area contributed by atoms with Crippen molar-refractivity contribution in [1.82, 2.24) is 24.4 Å². The van der Waals surface area contributed by atoms with E-state index in [2.05, 4.69) is 19.9 Å². The molecule has 0 saturated carbocycles. The summed E-state index contributed by atoms with van der Waals surface area (Å²) < 4.78 is 3.90. The molecule has 2 heterocycles. The average molecular weight is 345 g/mol. The second-order valence-corrected chi connectivity index (χ2v) is 6.04. The minimum atomic E-state index is -0.145. The molecule has 4 rings (SSSR count). The Morgan fingerprint density at radius 3 is 2.69 bits per heavy atom. The van der Waals surface area contributed by atoms with Gasteiger partial charge in [-0.15, -0.1) is 0 Å². The van der Waals surface area contributed by atoms with Crippen molar-refractivity contribution in [3.8, 4) is 5.69 Å². The molecule has 4 aromatic rings. The molecular weight excluding hydrogens is 326 g/mol. The van der Waals surface area contributed by atoms with Gasteiger partial charge in [0.05, 0.1) is 23.6 Å². The van der Waals surface area contributed by atoms with Crippen molar-refractivity contribution >= 4 is 16.9 Å². The first-order valence-corrected chi connectivity index (χ1v) is 8.52. The number of aryl methyl sites for hydroxylation is 1. The predicted octanol–water partition coefficient (Wildman–Crippen LogP) is 2.96. The summed E-state index contributed by atoms with van der Waals surface area (Å²) in [5, 5.41) is 2.98. The second-order valence-electron chi connectivity index (χ2n) is 6.04. The first-order valence-electron chi connectivity index (χ1n) is 8.52. The number of hydrogen-bond donors (Lipinski definition) is 1. The van der Waals surface area contributed by atoms with E-state index in [4.69, 9.17) is 0 Å². The van der Waals surface area contributed by atoms with Crippen LogP contribution in [-0.4, -0.2) is 31.6 Å². The zero-order valence-corrected chi connectivity index (χ0v) is 14.5. The Hall–Kier alpha value is -3.41. The Kier molecular flexibility index (Phi) is 4.23. The lowest BCUT2D eigenvalue weighted by Crippen LogP contribution is -2.29. The first-order chi connectivity index (χ1) is 12.7. The van der Waals surface area contributed by atoms with E-state index >= 15 is 0 Å². The van der Waals surface area contributed by atoms with Gasteiger partial charge in [0.2, 0.25) is 0 Å². The number of fused-ring (bicyclic) bond motifs is 1. The highest BCUT2D eigenvalue weighted by atomic mass is 16.1. The molecule has 0 aliphatic rings.